The second-order valence-electron chi connectivity index (χ2n) is 15.4. The van der Waals surface area contributed by atoms with Gasteiger partial charge in [-0.3, -0.25) is 29.0 Å². The lowest BCUT2D eigenvalue weighted by atomic mass is 9.97. The fraction of sp³-hybridized carbons (Fsp3) is 0.773. The van der Waals surface area contributed by atoms with Crippen molar-refractivity contribution in [3.8, 4) is 0 Å². The van der Waals surface area contributed by atoms with Gasteiger partial charge in [0.2, 0.25) is 11.8 Å². The van der Waals surface area contributed by atoms with E-state index in [0.717, 1.165) is 51.4 Å². The van der Waals surface area contributed by atoms with Gasteiger partial charge in [0, 0.05) is 24.2 Å². The van der Waals surface area contributed by atoms with Crippen LogP contribution in [0.15, 0.2) is 24.3 Å². The van der Waals surface area contributed by atoms with E-state index in [0.29, 0.717) is 12.8 Å². The van der Waals surface area contributed by atoms with Crippen LogP contribution in [0.1, 0.15) is 204 Å². The third-order valence-corrected chi connectivity index (χ3v) is 10.9. The minimum atomic E-state index is -0.793. The standard InChI is InChI=1S/C44H78N4O4/c1-7-11-13-15-17-19-21-23-25-27-32-47(43(51)39(45)35(5)9-3)41(49)37-30-29-31-38(34-37)42(50)48(44(52)40(46)36(6)10-4)33-28-26-24-22-20-18-16-14-12-8-2/h29-31,34-36,39-40H,7-28,32-33,45-46H2,1-6H3/t35-,36-,39-,40-/m0/s1. The summed E-state index contributed by atoms with van der Waals surface area (Å²) in [4.78, 5) is 57.9. The highest BCUT2D eigenvalue weighted by molar-refractivity contribution is 6.09. The fourth-order valence-electron chi connectivity index (χ4n) is 6.59. The number of imide groups is 2. The maximum Gasteiger partial charge on any atom is 0.260 e. The zero-order valence-electron chi connectivity index (χ0n) is 34.3. The van der Waals surface area contributed by atoms with Gasteiger partial charge >= 0.3 is 0 Å². The number of amides is 4. The van der Waals surface area contributed by atoms with E-state index in [4.69, 9.17) is 11.5 Å². The van der Waals surface area contributed by atoms with E-state index in [9.17, 15) is 19.2 Å². The molecule has 0 spiro atoms. The summed E-state index contributed by atoms with van der Waals surface area (Å²) in [7, 11) is 0. The first-order valence-corrected chi connectivity index (χ1v) is 21.4. The van der Waals surface area contributed by atoms with Gasteiger partial charge in [-0.05, 0) is 42.9 Å². The molecule has 4 N–H and O–H groups in total. The summed E-state index contributed by atoms with van der Waals surface area (Å²) < 4.78 is 0. The van der Waals surface area contributed by atoms with Gasteiger partial charge in [0.05, 0.1) is 12.1 Å². The zero-order valence-corrected chi connectivity index (χ0v) is 34.3. The minimum Gasteiger partial charge on any atom is -0.320 e. The van der Waals surface area contributed by atoms with Crippen molar-refractivity contribution in [3.63, 3.8) is 0 Å². The van der Waals surface area contributed by atoms with Crippen LogP contribution in [0, 0.1) is 11.8 Å². The van der Waals surface area contributed by atoms with Crippen LogP contribution in [0.3, 0.4) is 0 Å². The summed E-state index contributed by atoms with van der Waals surface area (Å²) in [6.07, 6.45) is 24.4. The zero-order chi connectivity index (χ0) is 38.7. The predicted octanol–water partition coefficient (Wildman–Crippen LogP) is 10.2. The Kier molecular flexibility index (Phi) is 26.3. The second-order valence-corrected chi connectivity index (χ2v) is 15.4. The Balaban J connectivity index is 3.06. The second kappa shape index (κ2) is 28.9. The topological polar surface area (TPSA) is 127 Å². The highest BCUT2D eigenvalue weighted by atomic mass is 16.2. The number of nitrogens with two attached hydrogens (primary N) is 2. The Morgan fingerprint density at radius 2 is 0.788 bits per heavy atom. The van der Waals surface area contributed by atoms with Crippen molar-refractivity contribution in [2.45, 2.75) is 195 Å². The maximum atomic E-state index is 14.0. The first-order chi connectivity index (χ1) is 25.0. The molecule has 0 radical (unpaired) electrons. The van der Waals surface area contributed by atoms with Gasteiger partial charge in [-0.25, -0.2) is 0 Å². The molecule has 0 aromatic heterocycles. The molecule has 0 saturated carbocycles. The summed E-state index contributed by atoms with van der Waals surface area (Å²) in [6.45, 7) is 12.8. The molecule has 0 saturated heterocycles. The third-order valence-electron chi connectivity index (χ3n) is 10.9. The molecule has 8 heteroatoms. The number of unbranched alkanes of at least 4 members (excludes halogenated alkanes) is 18. The molecule has 0 heterocycles. The Morgan fingerprint density at radius 3 is 1.08 bits per heavy atom. The molecule has 4 atom stereocenters. The van der Waals surface area contributed by atoms with Gasteiger partial charge in [0.25, 0.3) is 11.8 Å². The van der Waals surface area contributed by atoms with Crippen molar-refractivity contribution in [1.29, 1.82) is 0 Å². The Morgan fingerprint density at radius 1 is 0.500 bits per heavy atom. The van der Waals surface area contributed by atoms with Crippen molar-refractivity contribution in [2.75, 3.05) is 13.1 Å². The summed E-state index contributed by atoms with van der Waals surface area (Å²) in [6, 6.07) is 4.84. The van der Waals surface area contributed by atoms with Gasteiger partial charge in [0.1, 0.15) is 0 Å². The Bertz CT molecular complexity index is 1060. The fourth-order valence-corrected chi connectivity index (χ4v) is 6.59. The van der Waals surface area contributed by atoms with Crippen molar-refractivity contribution in [3.05, 3.63) is 35.4 Å². The minimum absolute atomic E-state index is 0.0801. The van der Waals surface area contributed by atoms with E-state index < -0.39 is 23.9 Å². The maximum absolute atomic E-state index is 14.0. The van der Waals surface area contributed by atoms with Crippen LogP contribution >= 0.6 is 0 Å². The number of carbonyl (C=O) groups is 4. The van der Waals surface area contributed by atoms with E-state index in [1.165, 1.54) is 92.9 Å². The van der Waals surface area contributed by atoms with Crippen molar-refractivity contribution >= 4 is 23.6 Å². The molecule has 1 rings (SSSR count). The lowest BCUT2D eigenvalue weighted by molar-refractivity contribution is -0.132. The molecule has 0 unspecified atom stereocenters. The summed E-state index contributed by atoms with van der Waals surface area (Å²) in [5, 5.41) is 0. The molecule has 0 aliphatic heterocycles. The average Bonchev–Trinajstić information content (AvgIpc) is 3.16. The Labute approximate surface area is 318 Å². The molecular formula is C44H78N4O4. The molecule has 0 fully saturated rings. The molecule has 1 aromatic carbocycles. The Hall–Kier alpha value is -2.58. The SMILES string of the molecule is CCCCCCCCCCCCN(C(=O)c1cccc(C(=O)N(CCCCCCCCCCCC)C(=O)[C@@H](N)[C@@H](C)CC)c1)C(=O)[C@@H](N)[C@@H](C)CC. The van der Waals surface area contributed by atoms with Gasteiger partial charge in [-0.2, -0.15) is 0 Å². The number of hydrogen-bond donors (Lipinski definition) is 2. The van der Waals surface area contributed by atoms with Crippen LogP contribution in [-0.4, -0.2) is 58.6 Å². The van der Waals surface area contributed by atoms with Gasteiger partial charge in [-0.15, -0.1) is 0 Å². The van der Waals surface area contributed by atoms with E-state index in [2.05, 4.69) is 13.8 Å². The van der Waals surface area contributed by atoms with Crippen LogP contribution in [0.25, 0.3) is 0 Å². The first-order valence-electron chi connectivity index (χ1n) is 21.4. The predicted molar refractivity (Wildman–Crippen MR) is 217 cm³/mol. The number of benzene rings is 1. The lowest BCUT2D eigenvalue weighted by Crippen LogP contribution is -2.50. The molecule has 0 bridgehead atoms. The van der Waals surface area contributed by atoms with E-state index in [1.54, 1.807) is 18.2 Å². The largest absolute Gasteiger partial charge is 0.320 e. The van der Waals surface area contributed by atoms with E-state index in [1.807, 2.05) is 27.7 Å². The van der Waals surface area contributed by atoms with Gasteiger partial charge in [-0.1, -0.05) is 176 Å². The van der Waals surface area contributed by atoms with Crippen LogP contribution < -0.4 is 11.5 Å². The molecule has 1 aromatic rings. The molecular weight excluding hydrogens is 649 g/mol. The number of rotatable bonds is 30. The first kappa shape index (κ1) is 47.4. The normalized spacial score (nSPS) is 13.7. The lowest BCUT2D eigenvalue weighted by Gasteiger charge is -2.28. The molecule has 0 aliphatic carbocycles. The molecule has 8 nitrogen and oxygen atoms in total. The van der Waals surface area contributed by atoms with Gasteiger partial charge < -0.3 is 11.5 Å². The van der Waals surface area contributed by atoms with Crippen molar-refractivity contribution in [2.24, 2.45) is 23.3 Å². The smallest absolute Gasteiger partial charge is 0.260 e. The van der Waals surface area contributed by atoms with Crippen LogP contribution in [-0.2, 0) is 9.59 Å². The highest BCUT2D eigenvalue weighted by Gasteiger charge is 2.32. The number of carbonyl (C=O) groups excluding carboxylic acids is 4. The summed E-state index contributed by atoms with van der Waals surface area (Å²) in [5.41, 5.74) is 13.2. The third kappa shape index (κ3) is 18.0. The molecule has 298 valence electrons. The average molecular weight is 727 g/mol. The van der Waals surface area contributed by atoms with Crippen LogP contribution in [0.5, 0.6) is 0 Å². The highest BCUT2D eigenvalue weighted by Crippen LogP contribution is 2.19. The molecule has 4 amide bonds. The van der Waals surface area contributed by atoms with E-state index >= 15 is 0 Å². The van der Waals surface area contributed by atoms with Gasteiger partial charge in [0.15, 0.2) is 0 Å². The monoisotopic (exact) mass is 727 g/mol. The van der Waals surface area contributed by atoms with E-state index in [-0.39, 0.29) is 47.9 Å². The van der Waals surface area contributed by atoms with Crippen LogP contribution in [0.2, 0.25) is 0 Å². The summed E-state index contributed by atoms with van der Waals surface area (Å²) in [5.74, 6) is -1.85. The molecule has 52 heavy (non-hydrogen) atoms. The number of hydrogen-bond acceptors (Lipinski definition) is 6. The summed E-state index contributed by atoms with van der Waals surface area (Å²) >= 11 is 0. The van der Waals surface area contributed by atoms with Crippen molar-refractivity contribution in [1.82, 2.24) is 9.80 Å². The van der Waals surface area contributed by atoms with Crippen molar-refractivity contribution < 1.29 is 19.2 Å². The quantitative estimate of drug-likeness (QED) is 0.0760. The number of nitrogens with zero attached hydrogens (tertiary/aromatic N) is 2. The molecule has 0 aliphatic rings. The van der Waals surface area contributed by atoms with Crippen LogP contribution in [0.4, 0.5) is 0 Å².